The summed E-state index contributed by atoms with van der Waals surface area (Å²) in [6.45, 7) is 1.42. The number of carbonyl (C=O) groups is 1. The molecule has 0 heterocycles. The van der Waals surface area contributed by atoms with Crippen LogP contribution >= 0.6 is 0 Å². The smallest absolute Gasteiger partial charge is 0.195 e. The Labute approximate surface area is 145 Å². The topological polar surface area (TPSA) is 118 Å². The Kier molecular flexibility index (Phi) is 14.5. The van der Waals surface area contributed by atoms with E-state index >= 15 is 0 Å². The standard InChI is InChI=1S/C18H36O6/c1-2-3-4-5-6-7-8-9-10-11-12-14(20)16(22)18(24)17(23)15(21)13-19/h14-17,19-23H,2-13H2,1H3/t14?,15-,16+,17-/m1/s1. The summed E-state index contributed by atoms with van der Waals surface area (Å²) in [5, 5.41) is 46.8. The lowest BCUT2D eigenvalue weighted by atomic mass is 9.97. The first-order chi connectivity index (χ1) is 11.5. The zero-order valence-corrected chi connectivity index (χ0v) is 14.9. The molecule has 5 N–H and O–H groups in total. The fourth-order valence-corrected chi connectivity index (χ4v) is 2.65. The van der Waals surface area contributed by atoms with E-state index in [1.54, 1.807) is 0 Å². The second-order valence-corrected chi connectivity index (χ2v) is 6.58. The molecule has 0 aliphatic heterocycles. The molecular formula is C18H36O6. The Morgan fingerprint density at radius 2 is 1.12 bits per heavy atom. The van der Waals surface area contributed by atoms with E-state index in [0.717, 1.165) is 19.3 Å². The van der Waals surface area contributed by atoms with Gasteiger partial charge in [-0.05, 0) is 6.42 Å². The fraction of sp³-hybridized carbons (Fsp3) is 0.944. The first-order valence-corrected chi connectivity index (χ1v) is 9.32. The first-order valence-electron chi connectivity index (χ1n) is 9.32. The Bertz CT molecular complexity index is 310. The molecule has 0 aromatic carbocycles. The van der Waals surface area contributed by atoms with Gasteiger partial charge < -0.3 is 25.5 Å². The molecule has 0 aromatic heterocycles. The zero-order chi connectivity index (χ0) is 18.4. The van der Waals surface area contributed by atoms with Crippen molar-refractivity contribution in [1.82, 2.24) is 0 Å². The molecule has 4 atom stereocenters. The minimum atomic E-state index is -1.88. The average molecular weight is 348 g/mol. The summed E-state index contributed by atoms with van der Waals surface area (Å²) < 4.78 is 0. The van der Waals surface area contributed by atoms with Crippen molar-refractivity contribution in [1.29, 1.82) is 0 Å². The van der Waals surface area contributed by atoms with Crippen molar-refractivity contribution in [3.05, 3.63) is 0 Å². The third kappa shape index (κ3) is 10.4. The Hall–Kier alpha value is -0.530. The van der Waals surface area contributed by atoms with Crippen molar-refractivity contribution in [2.24, 2.45) is 0 Å². The van der Waals surface area contributed by atoms with Gasteiger partial charge in [0.25, 0.3) is 0 Å². The van der Waals surface area contributed by atoms with E-state index in [2.05, 4.69) is 6.92 Å². The predicted molar refractivity (Wildman–Crippen MR) is 92.6 cm³/mol. The maximum absolute atomic E-state index is 11.6. The van der Waals surface area contributed by atoms with Crippen molar-refractivity contribution in [2.45, 2.75) is 102 Å². The predicted octanol–water partition coefficient (Wildman–Crippen LogP) is 1.30. The van der Waals surface area contributed by atoms with Gasteiger partial charge in [-0.1, -0.05) is 71.1 Å². The lowest BCUT2D eigenvalue weighted by Crippen LogP contribution is -2.46. The van der Waals surface area contributed by atoms with Crippen LogP contribution < -0.4 is 0 Å². The molecule has 6 nitrogen and oxygen atoms in total. The summed E-state index contributed by atoms with van der Waals surface area (Å²) in [6, 6.07) is 0. The molecule has 0 aliphatic rings. The average Bonchev–Trinajstić information content (AvgIpc) is 2.60. The number of aliphatic hydroxyl groups excluding tert-OH is 5. The summed E-state index contributed by atoms with van der Waals surface area (Å²) in [4.78, 5) is 11.6. The first kappa shape index (κ1) is 23.5. The third-order valence-electron chi connectivity index (χ3n) is 4.35. The van der Waals surface area contributed by atoms with E-state index < -0.39 is 36.8 Å². The molecule has 0 bridgehead atoms. The SMILES string of the molecule is CCCCCCCCCCCCC(O)[C@H](O)C(=O)[C@H](O)[C@H](O)CO. The van der Waals surface area contributed by atoms with E-state index in [0.29, 0.717) is 6.42 Å². The maximum atomic E-state index is 11.6. The zero-order valence-electron chi connectivity index (χ0n) is 14.9. The number of ketones is 1. The van der Waals surface area contributed by atoms with E-state index in [9.17, 15) is 25.2 Å². The van der Waals surface area contributed by atoms with Crippen molar-refractivity contribution in [3.8, 4) is 0 Å². The summed E-state index contributed by atoms with van der Waals surface area (Å²) in [7, 11) is 0. The number of aliphatic hydroxyl groups is 5. The van der Waals surface area contributed by atoms with Gasteiger partial charge in [0.2, 0.25) is 0 Å². The lowest BCUT2D eigenvalue weighted by molar-refractivity contribution is -0.149. The van der Waals surface area contributed by atoms with Crippen LogP contribution in [0.2, 0.25) is 0 Å². The van der Waals surface area contributed by atoms with Gasteiger partial charge >= 0.3 is 0 Å². The van der Waals surface area contributed by atoms with E-state index in [4.69, 9.17) is 5.11 Å². The van der Waals surface area contributed by atoms with Crippen LogP contribution in [-0.2, 0) is 4.79 Å². The largest absolute Gasteiger partial charge is 0.394 e. The van der Waals surface area contributed by atoms with Crippen LogP contribution in [-0.4, -0.2) is 62.3 Å². The highest BCUT2D eigenvalue weighted by atomic mass is 16.4. The molecule has 0 saturated heterocycles. The number of rotatable bonds is 16. The van der Waals surface area contributed by atoms with Crippen LogP contribution in [0.3, 0.4) is 0 Å². The molecule has 0 amide bonds. The molecule has 0 fully saturated rings. The number of hydrogen-bond acceptors (Lipinski definition) is 6. The van der Waals surface area contributed by atoms with Gasteiger partial charge in [-0.2, -0.15) is 0 Å². The van der Waals surface area contributed by atoms with Crippen LogP contribution in [0.1, 0.15) is 77.6 Å². The Morgan fingerprint density at radius 3 is 1.58 bits per heavy atom. The summed E-state index contributed by atoms with van der Waals surface area (Å²) >= 11 is 0. The van der Waals surface area contributed by atoms with Crippen LogP contribution in [0.4, 0.5) is 0 Å². The highest BCUT2D eigenvalue weighted by Gasteiger charge is 2.32. The number of hydrogen-bond donors (Lipinski definition) is 5. The minimum Gasteiger partial charge on any atom is -0.394 e. The fourth-order valence-electron chi connectivity index (χ4n) is 2.65. The number of carbonyl (C=O) groups excluding carboxylic acids is 1. The molecule has 0 saturated carbocycles. The second kappa shape index (κ2) is 14.8. The molecule has 0 radical (unpaired) electrons. The van der Waals surface area contributed by atoms with E-state index in [-0.39, 0.29) is 6.42 Å². The quantitative estimate of drug-likeness (QED) is 0.268. The number of Topliss-reactive ketones (excluding diaryl/α,β-unsaturated/α-hetero) is 1. The van der Waals surface area contributed by atoms with Gasteiger partial charge in [0.15, 0.2) is 5.78 Å². The van der Waals surface area contributed by atoms with Gasteiger partial charge in [0.1, 0.15) is 18.3 Å². The molecule has 0 aliphatic carbocycles. The molecule has 0 rings (SSSR count). The maximum Gasteiger partial charge on any atom is 0.195 e. The van der Waals surface area contributed by atoms with Gasteiger partial charge in [-0.25, -0.2) is 0 Å². The van der Waals surface area contributed by atoms with Gasteiger partial charge in [-0.15, -0.1) is 0 Å². The molecule has 0 aromatic rings. The Balaban J connectivity index is 3.70. The Morgan fingerprint density at radius 1 is 0.708 bits per heavy atom. The van der Waals surface area contributed by atoms with E-state index in [1.807, 2.05) is 0 Å². The second-order valence-electron chi connectivity index (χ2n) is 6.58. The highest BCUT2D eigenvalue weighted by Crippen LogP contribution is 2.14. The van der Waals surface area contributed by atoms with Gasteiger partial charge in [-0.3, -0.25) is 4.79 Å². The molecule has 24 heavy (non-hydrogen) atoms. The van der Waals surface area contributed by atoms with Crippen LogP contribution in [0.5, 0.6) is 0 Å². The third-order valence-corrected chi connectivity index (χ3v) is 4.35. The summed E-state index contributed by atoms with van der Waals surface area (Å²) in [5.74, 6) is -1.06. The van der Waals surface area contributed by atoms with Crippen LogP contribution in [0, 0.1) is 0 Å². The number of unbranched alkanes of at least 4 members (excludes halogenated alkanes) is 9. The molecule has 144 valence electrons. The lowest BCUT2D eigenvalue weighted by Gasteiger charge is -2.21. The monoisotopic (exact) mass is 348 g/mol. The van der Waals surface area contributed by atoms with Gasteiger partial charge in [0.05, 0.1) is 12.7 Å². The molecule has 6 heteroatoms. The highest BCUT2D eigenvalue weighted by molar-refractivity contribution is 5.88. The van der Waals surface area contributed by atoms with Gasteiger partial charge in [0, 0.05) is 0 Å². The van der Waals surface area contributed by atoms with Crippen LogP contribution in [0.15, 0.2) is 0 Å². The van der Waals surface area contributed by atoms with Crippen molar-refractivity contribution in [2.75, 3.05) is 6.61 Å². The summed E-state index contributed by atoms with van der Waals surface area (Å²) in [6.07, 6.45) is 5.25. The van der Waals surface area contributed by atoms with Crippen molar-refractivity contribution in [3.63, 3.8) is 0 Å². The molecular weight excluding hydrogens is 312 g/mol. The van der Waals surface area contributed by atoms with E-state index in [1.165, 1.54) is 38.5 Å². The normalized spacial score (nSPS) is 16.6. The molecule has 1 unspecified atom stereocenters. The van der Waals surface area contributed by atoms with Crippen LogP contribution in [0.25, 0.3) is 0 Å². The summed E-state index contributed by atoms with van der Waals surface area (Å²) in [5.41, 5.74) is 0. The van der Waals surface area contributed by atoms with Crippen molar-refractivity contribution < 1.29 is 30.3 Å². The van der Waals surface area contributed by atoms with Crippen molar-refractivity contribution >= 4 is 5.78 Å². The minimum absolute atomic E-state index is 0.269. The molecule has 0 spiro atoms.